The van der Waals surface area contributed by atoms with Crippen molar-refractivity contribution in [3.63, 3.8) is 0 Å². The van der Waals surface area contributed by atoms with E-state index in [1.165, 1.54) is 41.7 Å². The number of hydrogen-bond donors (Lipinski definition) is 2. The molecule has 1 aliphatic heterocycles. The second-order valence-corrected chi connectivity index (χ2v) is 6.33. The minimum absolute atomic E-state index is 0.120. The Hall–Kier alpha value is -2.13. The lowest BCUT2D eigenvalue weighted by atomic mass is 10.1. The summed E-state index contributed by atoms with van der Waals surface area (Å²) in [5.41, 5.74) is 3.24. The Kier molecular flexibility index (Phi) is 5.43. The number of benzene rings is 2. The molecule has 0 saturated carbocycles. The molecule has 3 heteroatoms. The SMILES string of the molecule is O=C(C[NH+]1CCCCCC1)Nc1ccc(-c2ccccc2)cc1. The van der Waals surface area contributed by atoms with Crippen molar-refractivity contribution in [1.82, 2.24) is 0 Å². The summed E-state index contributed by atoms with van der Waals surface area (Å²) in [5, 5.41) is 3.03. The van der Waals surface area contributed by atoms with Crippen LogP contribution in [0.4, 0.5) is 5.69 Å². The van der Waals surface area contributed by atoms with E-state index < -0.39 is 0 Å². The predicted molar refractivity (Wildman–Crippen MR) is 94.5 cm³/mol. The molecule has 2 aromatic carbocycles. The maximum absolute atomic E-state index is 12.2. The zero-order chi connectivity index (χ0) is 15.9. The average molecular weight is 309 g/mol. The number of carbonyl (C=O) groups is 1. The van der Waals surface area contributed by atoms with E-state index in [2.05, 4.69) is 29.6 Å². The van der Waals surface area contributed by atoms with Crippen molar-refractivity contribution in [2.24, 2.45) is 0 Å². The van der Waals surface area contributed by atoms with Gasteiger partial charge < -0.3 is 10.2 Å². The van der Waals surface area contributed by atoms with Gasteiger partial charge in [0.15, 0.2) is 6.54 Å². The maximum atomic E-state index is 12.2. The van der Waals surface area contributed by atoms with Gasteiger partial charge in [0, 0.05) is 5.69 Å². The van der Waals surface area contributed by atoms with Crippen molar-refractivity contribution in [3.05, 3.63) is 54.6 Å². The second-order valence-electron chi connectivity index (χ2n) is 6.33. The van der Waals surface area contributed by atoms with E-state index in [9.17, 15) is 4.79 Å². The Bertz CT molecular complexity index is 614. The standard InChI is InChI=1S/C20H24N2O/c23-20(16-22-14-6-1-2-7-15-22)21-19-12-10-18(11-13-19)17-8-4-3-5-9-17/h3-5,8-13H,1-2,6-7,14-16H2,(H,21,23)/p+1. The largest absolute Gasteiger partial charge is 0.327 e. The third kappa shape index (κ3) is 4.67. The molecule has 1 saturated heterocycles. The van der Waals surface area contributed by atoms with Crippen molar-refractivity contribution >= 4 is 11.6 Å². The Labute approximate surface area is 138 Å². The molecule has 0 unspecified atom stereocenters. The molecular formula is C20H25N2O+. The summed E-state index contributed by atoms with van der Waals surface area (Å²) >= 11 is 0. The summed E-state index contributed by atoms with van der Waals surface area (Å²) < 4.78 is 0. The first-order chi connectivity index (χ1) is 11.3. The molecule has 1 fully saturated rings. The van der Waals surface area contributed by atoms with Crippen LogP contribution in [0, 0.1) is 0 Å². The number of likely N-dealkylation sites (tertiary alicyclic amines) is 1. The van der Waals surface area contributed by atoms with Crippen LogP contribution in [0.1, 0.15) is 25.7 Å². The second kappa shape index (κ2) is 7.93. The van der Waals surface area contributed by atoms with Crippen molar-refractivity contribution in [2.75, 3.05) is 25.0 Å². The highest BCUT2D eigenvalue weighted by molar-refractivity contribution is 5.91. The highest BCUT2D eigenvalue weighted by Crippen LogP contribution is 2.20. The van der Waals surface area contributed by atoms with Gasteiger partial charge in [0.2, 0.25) is 0 Å². The Balaban J connectivity index is 1.56. The summed E-state index contributed by atoms with van der Waals surface area (Å²) in [5.74, 6) is 0.120. The fourth-order valence-corrected chi connectivity index (χ4v) is 3.21. The molecule has 0 atom stereocenters. The molecule has 0 aromatic heterocycles. The van der Waals surface area contributed by atoms with Crippen LogP contribution in [-0.2, 0) is 4.79 Å². The Morgan fingerprint density at radius 3 is 2.09 bits per heavy atom. The van der Waals surface area contributed by atoms with Crippen molar-refractivity contribution < 1.29 is 9.69 Å². The van der Waals surface area contributed by atoms with Gasteiger partial charge in [0.25, 0.3) is 5.91 Å². The zero-order valence-corrected chi connectivity index (χ0v) is 13.6. The molecule has 3 nitrogen and oxygen atoms in total. The van der Waals surface area contributed by atoms with E-state index in [1.54, 1.807) is 0 Å². The molecule has 1 heterocycles. The highest BCUT2D eigenvalue weighted by Gasteiger charge is 2.16. The van der Waals surface area contributed by atoms with Crippen LogP contribution in [0.15, 0.2) is 54.6 Å². The zero-order valence-electron chi connectivity index (χ0n) is 13.6. The third-order valence-electron chi connectivity index (χ3n) is 4.50. The number of rotatable bonds is 4. The third-order valence-corrected chi connectivity index (χ3v) is 4.50. The van der Waals surface area contributed by atoms with Crippen LogP contribution in [-0.4, -0.2) is 25.5 Å². The van der Waals surface area contributed by atoms with E-state index in [0.717, 1.165) is 18.8 Å². The lowest BCUT2D eigenvalue weighted by molar-refractivity contribution is -0.890. The molecular weight excluding hydrogens is 284 g/mol. The first kappa shape index (κ1) is 15.8. The van der Waals surface area contributed by atoms with E-state index in [-0.39, 0.29) is 5.91 Å². The van der Waals surface area contributed by atoms with Crippen LogP contribution in [0.2, 0.25) is 0 Å². The fraction of sp³-hybridized carbons (Fsp3) is 0.350. The van der Waals surface area contributed by atoms with Crippen LogP contribution in [0.5, 0.6) is 0 Å². The topological polar surface area (TPSA) is 33.5 Å². The van der Waals surface area contributed by atoms with E-state index >= 15 is 0 Å². The van der Waals surface area contributed by atoms with Gasteiger partial charge in [0.05, 0.1) is 13.1 Å². The van der Waals surface area contributed by atoms with Gasteiger partial charge in [-0.1, -0.05) is 42.5 Å². The summed E-state index contributed by atoms with van der Waals surface area (Å²) in [6, 6.07) is 18.4. The van der Waals surface area contributed by atoms with Crippen LogP contribution in [0.3, 0.4) is 0 Å². The molecule has 2 N–H and O–H groups in total. The Morgan fingerprint density at radius 1 is 0.826 bits per heavy atom. The van der Waals surface area contributed by atoms with Crippen molar-refractivity contribution in [2.45, 2.75) is 25.7 Å². The van der Waals surface area contributed by atoms with E-state index in [4.69, 9.17) is 0 Å². The molecule has 1 amide bonds. The molecule has 0 spiro atoms. The summed E-state index contributed by atoms with van der Waals surface area (Å²) in [6.07, 6.45) is 5.11. The van der Waals surface area contributed by atoms with Gasteiger partial charge in [-0.3, -0.25) is 4.79 Å². The van der Waals surface area contributed by atoms with Crippen LogP contribution < -0.4 is 10.2 Å². The number of hydrogen-bond acceptors (Lipinski definition) is 1. The summed E-state index contributed by atoms with van der Waals surface area (Å²) in [4.78, 5) is 13.6. The van der Waals surface area contributed by atoms with Gasteiger partial charge >= 0.3 is 0 Å². The highest BCUT2D eigenvalue weighted by atomic mass is 16.2. The average Bonchev–Trinajstić information content (AvgIpc) is 2.85. The lowest BCUT2D eigenvalue weighted by Crippen LogP contribution is -3.12. The molecule has 3 rings (SSSR count). The van der Waals surface area contributed by atoms with Gasteiger partial charge in [-0.15, -0.1) is 0 Å². The van der Waals surface area contributed by atoms with Crippen molar-refractivity contribution in [3.8, 4) is 11.1 Å². The molecule has 120 valence electrons. The summed E-state index contributed by atoms with van der Waals surface area (Å²) in [6.45, 7) is 2.83. The van der Waals surface area contributed by atoms with Gasteiger partial charge in [0.1, 0.15) is 0 Å². The van der Waals surface area contributed by atoms with Gasteiger partial charge in [-0.05, 0) is 48.9 Å². The smallest absolute Gasteiger partial charge is 0.279 e. The number of nitrogens with one attached hydrogen (secondary N) is 2. The fourth-order valence-electron chi connectivity index (χ4n) is 3.21. The van der Waals surface area contributed by atoms with Crippen LogP contribution >= 0.6 is 0 Å². The Morgan fingerprint density at radius 2 is 1.43 bits per heavy atom. The van der Waals surface area contributed by atoms with Crippen LogP contribution in [0.25, 0.3) is 11.1 Å². The molecule has 2 aromatic rings. The monoisotopic (exact) mass is 309 g/mol. The predicted octanol–water partition coefficient (Wildman–Crippen LogP) is 2.75. The first-order valence-electron chi connectivity index (χ1n) is 8.60. The van der Waals surface area contributed by atoms with E-state index in [0.29, 0.717) is 6.54 Å². The molecule has 0 radical (unpaired) electrons. The first-order valence-corrected chi connectivity index (χ1v) is 8.60. The number of quaternary nitrogens is 1. The lowest BCUT2D eigenvalue weighted by Gasteiger charge is -2.16. The van der Waals surface area contributed by atoms with Crippen molar-refractivity contribution in [1.29, 1.82) is 0 Å². The molecule has 0 aliphatic carbocycles. The quantitative estimate of drug-likeness (QED) is 0.894. The molecule has 0 bridgehead atoms. The van der Waals surface area contributed by atoms with Gasteiger partial charge in [-0.2, -0.15) is 0 Å². The normalized spacial score (nSPS) is 15.8. The van der Waals surface area contributed by atoms with E-state index in [1.807, 2.05) is 30.3 Å². The number of amides is 1. The minimum atomic E-state index is 0.120. The minimum Gasteiger partial charge on any atom is -0.327 e. The molecule has 23 heavy (non-hydrogen) atoms. The summed E-state index contributed by atoms with van der Waals surface area (Å²) in [7, 11) is 0. The molecule has 1 aliphatic rings. The maximum Gasteiger partial charge on any atom is 0.279 e. The van der Waals surface area contributed by atoms with Gasteiger partial charge in [-0.25, -0.2) is 0 Å². The number of carbonyl (C=O) groups excluding carboxylic acids is 1. The number of anilines is 1.